The number of methoxy groups -OCH3 is 1. The van der Waals surface area contributed by atoms with Gasteiger partial charge in [0.2, 0.25) is 0 Å². The van der Waals surface area contributed by atoms with E-state index < -0.39 is 28.1 Å². The minimum Gasteiger partial charge on any atom is -0.495 e. The Hall–Kier alpha value is -4.46. The maximum Gasteiger partial charge on any atom is 0.490 e. The summed E-state index contributed by atoms with van der Waals surface area (Å²) in [4.78, 5) is 24.8. The van der Waals surface area contributed by atoms with Crippen LogP contribution in [0.25, 0.3) is 0 Å². The van der Waals surface area contributed by atoms with Crippen LogP contribution in [0.3, 0.4) is 0 Å². The number of rotatable bonds is 7. The highest BCUT2D eigenvalue weighted by Gasteiger charge is 2.38. The molecule has 1 heterocycles. The molecule has 0 radical (unpaired) electrons. The van der Waals surface area contributed by atoms with Crippen LogP contribution in [0.4, 0.5) is 30.2 Å². The van der Waals surface area contributed by atoms with Crippen molar-refractivity contribution in [3.63, 3.8) is 0 Å². The second-order valence-corrected chi connectivity index (χ2v) is 10.1. The van der Waals surface area contributed by atoms with E-state index in [9.17, 15) is 31.5 Å². The van der Waals surface area contributed by atoms with Gasteiger partial charge in [0.15, 0.2) is 0 Å². The number of nitrogens with one attached hydrogen (secondary N) is 1. The van der Waals surface area contributed by atoms with Crippen molar-refractivity contribution >= 4 is 39.0 Å². The zero-order chi connectivity index (χ0) is 29.5. The number of piperazine rings is 1. The van der Waals surface area contributed by atoms with Gasteiger partial charge in [-0.25, -0.2) is 18.0 Å². The number of ether oxygens (including phenoxy) is 1. The van der Waals surface area contributed by atoms with Crippen molar-refractivity contribution in [2.24, 2.45) is 0 Å². The van der Waals surface area contributed by atoms with Crippen LogP contribution in [-0.2, 0) is 14.8 Å². The van der Waals surface area contributed by atoms with Gasteiger partial charge in [-0.1, -0.05) is 30.3 Å². The molecule has 0 aromatic heterocycles. The number of para-hydroxylation sites is 2. The predicted octanol–water partition coefficient (Wildman–Crippen LogP) is 4.15. The van der Waals surface area contributed by atoms with E-state index in [2.05, 4.69) is 14.5 Å². The summed E-state index contributed by atoms with van der Waals surface area (Å²) in [6.07, 6.45) is -5.08. The molecule has 0 amide bonds. The Morgan fingerprint density at radius 1 is 0.850 bits per heavy atom. The van der Waals surface area contributed by atoms with Crippen molar-refractivity contribution < 1.29 is 46.1 Å². The van der Waals surface area contributed by atoms with Crippen molar-refractivity contribution in [3.8, 4) is 5.75 Å². The maximum atomic E-state index is 12.9. The Kier molecular flexibility index (Phi) is 9.47. The summed E-state index contributed by atoms with van der Waals surface area (Å²) in [6, 6.07) is 20.3. The summed E-state index contributed by atoms with van der Waals surface area (Å²) >= 11 is 0. The van der Waals surface area contributed by atoms with E-state index in [4.69, 9.17) is 14.6 Å². The number of benzene rings is 3. The summed E-state index contributed by atoms with van der Waals surface area (Å²) in [5.41, 5.74) is 1.90. The molecule has 10 nitrogen and oxygen atoms in total. The van der Waals surface area contributed by atoms with Gasteiger partial charge in [-0.15, -0.1) is 0 Å². The molecule has 0 saturated carbocycles. The lowest BCUT2D eigenvalue weighted by molar-refractivity contribution is -0.192. The predicted molar refractivity (Wildman–Crippen MR) is 142 cm³/mol. The number of anilines is 3. The number of hydrogen-bond acceptors (Lipinski definition) is 7. The van der Waals surface area contributed by atoms with Crippen molar-refractivity contribution in [2.45, 2.75) is 11.1 Å². The van der Waals surface area contributed by atoms with Gasteiger partial charge >= 0.3 is 18.1 Å². The first-order valence-electron chi connectivity index (χ1n) is 11.7. The van der Waals surface area contributed by atoms with Gasteiger partial charge in [-0.05, 0) is 42.5 Å². The molecule has 0 bridgehead atoms. The second-order valence-electron chi connectivity index (χ2n) is 8.40. The van der Waals surface area contributed by atoms with Crippen LogP contribution in [-0.4, -0.2) is 70.0 Å². The highest BCUT2D eigenvalue weighted by atomic mass is 32.2. The number of carboxylic acids is 2. The fourth-order valence-electron chi connectivity index (χ4n) is 3.91. The molecule has 1 aliphatic rings. The zero-order valence-electron chi connectivity index (χ0n) is 21.1. The number of carbonyl (C=O) groups is 2. The largest absolute Gasteiger partial charge is 0.495 e. The first-order chi connectivity index (χ1) is 18.8. The van der Waals surface area contributed by atoms with Crippen molar-refractivity contribution in [2.75, 3.05) is 47.8 Å². The molecule has 0 aliphatic carbocycles. The fraction of sp³-hybridized carbons (Fsp3) is 0.231. The molecule has 0 unspecified atom stereocenters. The minimum absolute atomic E-state index is 0.0113. The summed E-state index contributed by atoms with van der Waals surface area (Å²) < 4.78 is 65.7. The summed E-state index contributed by atoms with van der Waals surface area (Å²) in [5, 5.41) is 16.6. The van der Waals surface area contributed by atoms with Crippen LogP contribution < -0.4 is 19.3 Å². The van der Waals surface area contributed by atoms with Gasteiger partial charge in [0.1, 0.15) is 5.75 Å². The fourth-order valence-corrected chi connectivity index (χ4v) is 5.00. The first-order valence-corrected chi connectivity index (χ1v) is 13.2. The maximum absolute atomic E-state index is 12.9. The average molecular weight is 582 g/mol. The van der Waals surface area contributed by atoms with Crippen LogP contribution in [0, 0.1) is 0 Å². The van der Waals surface area contributed by atoms with E-state index >= 15 is 0 Å². The molecule has 214 valence electrons. The Balaban J connectivity index is 0.000000559. The monoisotopic (exact) mass is 581 g/mol. The molecule has 1 saturated heterocycles. The lowest BCUT2D eigenvalue weighted by Crippen LogP contribution is -2.46. The zero-order valence-corrected chi connectivity index (χ0v) is 21.9. The Bertz CT molecular complexity index is 1440. The third-order valence-corrected chi connectivity index (χ3v) is 7.21. The summed E-state index contributed by atoms with van der Waals surface area (Å²) in [6.45, 7) is 2.66. The first kappa shape index (κ1) is 30.1. The number of alkyl halides is 3. The normalized spacial score (nSPS) is 13.6. The lowest BCUT2D eigenvalue weighted by Gasteiger charge is -2.38. The summed E-state index contributed by atoms with van der Waals surface area (Å²) in [5.74, 6) is -3.08. The number of aliphatic carboxylic acids is 1. The molecule has 40 heavy (non-hydrogen) atoms. The standard InChI is InChI=1S/C24H25N3O5S.C2HF3O2/c1-32-23-10-6-5-9-22(23)27-15-13-26(14-16-27)21-12-11-18(24(28)29)17-20(21)25-33(30,31)19-7-3-2-4-8-19;3-2(4,5)1(6)7/h2-12,17,25H,13-16H2,1H3,(H,28,29);(H,6,7). The van der Waals surface area contributed by atoms with Crippen LogP contribution in [0.2, 0.25) is 0 Å². The van der Waals surface area contributed by atoms with Crippen LogP contribution >= 0.6 is 0 Å². The topological polar surface area (TPSA) is 136 Å². The molecule has 1 fully saturated rings. The van der Waals surface area contributed by atoms with E-state index in [1.54, 1.807) is 31.4 Å². The molecule has 3 aromatic rings. The van der Waals surface area contributed by atoms with Gasteiger partial charge < -0.3 is 24.7 Å². The van der Waals surface area contributed by atoms with E-state index in [-0.39, 0.29) is 16.1 Å². The second kappa shape index (κ2) is 12.6. The molecule has 3 aromatic carbocycles. The number of carboxylic acid groups (broad SMARTS) is 2. The molecule has 0 spiro atoms. The van der Waals surface area contributed by atoms with Crippen molar-refractivity contribution in [1.82, 2.24) is 0 Å². The van der Waals surface area contributed by atoms with Crippen molar-refractivity contribution in [3.05, 3.63) is 78.4 Å². The smallest absolute Gasteiger partial charge is 0.490 e. The van der Waals surface area contributed by atoms with Crippen molar-refractivity contribution in [1.29, 1.82) is 0 Å². The molecule has 4 rings (SSSR count). The van der Waals surface area contributed by atoms with E-state index in [0.717, 1.165) is 11.4 Å². The third kappa shape index (κ3) is 7.56. The number of aromatic carboxylic acids is 1. The SMILES string of the molecule is COc1ccccc1N1CCN(c2ccc(C(=O)O)cc2NS(=O)(=O)c2ccccc2)CC1.O=C(O)C(F)(F)F. The number of nitrogens with zero attached hydrogens (tertiary/aromatic N) is 2. The van der Waals surface area contributed by atoms with Gasteiger partial charge in [-0.3, -0.25) is 4.72 Å². The van der Waals surface area contributed by atoms with E-state index in [0.29, 0.717) is 31.9 Å². The molecule has 0 atom stereocenters. The number of hydrogen-bond donors (Lipinski definition) is 3. The van der Waals surface area contributed by atoms with E-state index in [1.807, 2.05) is 24.3 Å². The molecule has 3 N–H and O–H groups in total. The molecular weight excluding hydrogens is 555 g/mol. The molecule has 1 aliphatic heterocycles. The molecule has 14 heteroatoms. The summed E-state index contributed by atoms with van der Waals surface area (Å²) in [7, 11) is -2.23. The number of halogens is 3. The van der Waals surface area contributed by atoms with Gasteiger partial charge in [0, 0.05) is 26.2 Å². The Labute approximate surface area is 228 Å². The molecular formula is C26H26F3N3O7S. The van der Waals surface area contributed by atoms with Crippen LogP contribution in [0.1, 0.15) is 10.4 Å². The third-order valence-electron chi connectivity index (χ3n) is 5.83. The Morgan fingerprint density at radius 3 is 1.90 bits per heavy atom. The Morgan fingerprint density at radius 2 is 1.38 bits per heavy atom. The average Bonchev–Trinajstić information content (AvgIpc) is 2.93. The van der Waals surface area contributed by atoms with Crippen LogP contribution in [0.15, 0.2) is 77.7 Å². The highest BCUT2D eigenvalue weighted by Crippen LogP contribution is 2.33. The van der Waals surface area contributed by atoms with Gasteiger partial charge in [-0.2, -0.15) is 13.2 Å². The number of sulfonamides is 1. The quantitative estimate of drug-likeness (QED) is 0.376. The van der Waals surface area contributed by atoms with E-state index in [1.165, 1.54) is 24.3 Å². The highest BCUT2D eigenvalue weighted by molar-refractivity contribution is 7.92. The lowest BCUT2D eigenvalue weighted by atomic mass is 10.1. The van der Waals surface area contributed by atoms with Gasteiger partial charge in [0.25, 0.3) is 10.0 Å². The van der Waals surface area contributed by atoms with Gasteiger partial charge in [0.05, 0.1) is 34.6 Å². The minimum atomic E-state index is -5.08. The van der Waals surface area contributed by atoms with Crippen LogP contribution in [0.5, 0.6) is 5.75 Å².